The lowest BCUT2D eigenvalue weighted by Crippen LogP contribution is -2.45. The minimum absolute atomic E-state index is 0.296. The van der Waals surface area contributed by atoms with E-state index >= 15 is 0 Å². The highest BCUT2D eigenvalue weighted by molar-refractivity contribution is 6.01. The van der Waals surface area contributed by atoms with Crippen LogP contribution in [0.25, 0.3) is 28.1 Å². The number of piperazine rings is 1. The van der Waals surface area contributed by atoms with Gasteiger partial charge in [-0.15, -0.1) is 0 Å². The Kier molecular flexibility index (Phi) is 5.76. The summed E-state index contributed by atoms with van der Waals surface area (Å²) in [4.78, 5) is 27.0. The Labute approximate surface area is 207 Å². The van der Waals surface area contributed by atoms with Crippen LogP contribution in [0, 0.1) is 0 Å². The lowest BCUT2D eigenvalue weighted by Gasteiger charge is -2.32. The summed E-state index contributed by atoms with van der Waals surface area (Å²) in [7, 11) is 3.93. The van der Waals surface area contributed by atoms with Crippen LogP contribution in [-0.2, 0) is 6.54 Å². The molecule has 1 amide bonds. The van der Waals surface area contributed by atoms with Gasteiger partial charge in [-0.3, -0.25) is 9.69 Å². The molecule has 5 heterocycles. The van der Waals surface area contributed by atoms with E-state index in [1.807, 2.05) is 22.9 Å². The topological polar surface area (TPSA) is 109 Å². The fraction of sp³-hybridized carbons (Fsp3) is 0.458. The molecule has 1 aliphatic heterocycles. The summed E-state index contributed by atoms with van der Waals surface area (Å²) in [6, 6.07) is 5.29. The van der Waals surface area contributed by atoms with Crippen molar-refractivity contribution in [1.29, 1.82) is 0 Å². The Morgan fingerprint density at radius 1 is 1.19 bits per heavy atom. The number of hydrogen-bond acceptors (Lipinski definition) is 8. The molecule has 1 saturated heterocycles. The molecule has 0 aromatic carbocycles. The van der Waals surface area contributed by atoms with Crippen molar-refractivity contribution in [3.63, 3.8) is 0 Å². The molecule has 36 heavy (non-hydrogen) atoms. The summed E-state index contributed by atoms with van der Waals surface area (Å²) in [6.07, 6.45) is 2.59. The van der Waals surface area contributed by atoms with E-state index in [4.69, 9.17) is 10.1 Å². The zero-order valence-electron chi connectivity index (χ0n) is 20.4. The molecule has 1 saturated carbocycles. The lowest BCUT2D eigenvalue weighted by atomic mass is 10.2. The maximum atomic E-state index is 13.4. The molecule has 2 N–H and O–H groups in total. The van der Waals surface area contributed by atoms with Crippen LogP contribution in [0.15, 0.2) is 30.6 Å². The Morgan fingerprint density at radius 2 is 2.00 bits per heavy atom. The van der Waals surface area contributed by atoms with Crippen LogP contribution in [-0.4, -0.2) is 104 Å². The van der Waals surface area contributed by atoms with Crippen LogP contribution >= 0.6 is 0 Å². The van der Waals surface area contributed by atoms with Crippen LogP contribution in [0.1, 0.15) is 16.8 Å². The predicted molar refractivity (Wildman–Crippen MR) is 134 cm³/mol. The number of halogens is 1. The molecule has 188 valence electrons. The van der Waals surface area contributed by atoms with E-state index in [1.165, 1.54) is 6.20 Å². The minimum atomic E-state index is -0.985. The fourth-order valence-electron chi connectivity index (χ4n) is 4.64. The van der Waals surface area contributed by atoms with Crippen molar-refractivity contribution in [3.05, 3.63) is 36.2 Å². The normalized spacial score (nSPS) is 20.8. The Hall–Kier alpha value is -3.64. The summed E-state index contributed by atoms with van der Waals surface area (Å²) in [5.41, 5.74) is 2.77. The van der Waals surface area contributed by atoms with Crippen molar-refractivity contribution in [1.82, 2.24) is 44.5 Å². The number of likely N-dealkylation sites (N-methyl/N-ethyl adjacent to an activating group) is 1. The smallest absolute Gasteiger partial charge is 0.257 e. The van der Waals surface area contributed by atoms with Gasteiger partial charge in [0.15, 0.2) is 11.3 Å². The summed E-state index contributed by atoms with van der Waals surface area (Å²) in [6.45, 7) is 5.80. The molecule has 6 rings (SSSR count). The second-order valence-corrected chi connectivity index (χ2v) is 9.49. The molecular weight excluding hydrogens is 463 g/mol. The first-order valence-corrected chi connectivity index (χ1v) is 12.3. The molecule has 0 unspecified atom stereocenters. The maximum absolute atomic E-state index is 13.4. The van der Waals surface area contributed by atoms with Crippen molar-refractivity contribution in [2.45, 2.75) is 25.2 Å². The molecule has 2 fully saturated rings. The number of carbonyl (C=O) groups is 1. The van der Waals surface area contributed by atoms with Gasteiger partial charge in [0.05, 0.1) is 24.5 Å². The van der Waals surface area contributed by atoms with Gasteiger partial charge < -0.3 is 15.5 Å². The van der Waals surface area contributed by atoms with E-state index in [1.54, 1.807) is 17.8 Å². The number of amides is 1. The first kappa shape index (κ1) is 22.8. The highest BCUT2D eigenvalue weighted by atomic mass is 19.1. The Balaban J connectivity index is 1.36. The van der Waals surface area contributed by atoms with Gasteiger partial charge in [-0.05, 0) is 19.2 Å². The van der Waals surface area contributed by atoms with Crippen LogP contribution in [0.5, 0.6) is 0 Å². The van der Waals surface area contributed by atoms with Gasteiger partial charge in [0.25, 0.3) is 5.91 Å². The average molecular weight is 493 g/mol. The molecule has 4 aromatic heterocycles. The fourth-order valence-corrected chi connectivity index (χ4v) is 4.64. The minimum Gasteiger partial charge on any atom is -0.373 e. The first-order valence-electron chi connectivity index (χ1n) is 12.3. The van der Waals surface area contributed by atoms with Crippen molar-refractivity contribution in [2.24, 2.45) is 0 Å². The van der Waals surface area contributed by atoms with Crippen LogP contribution in [0.2, 0.25) is 0 Å². The predicted octanol–water partition coefficient (Wildman–Crippen LogP) is 1.27. The van der Waals surface area contributed by atoms with Crippen molar-refractivity contribution >= 4 is 28.4 Å². The van der Waals surface area contributed by atoms with Crippen LogP contribution in [0.3, 0.4) is 0 Å². The number of pyridine rings is 1. The summed E-state index contributed by atoms with van der Waals surface area (Å²) < 4.78 is 16.9. The summed E-state index contributed by atoms with van der Waals surface area (Å²) in [5.74, 6) is 0.277. The largest absolute Gasteiger partial charge is 0.373 e. The van der Waals surface area contributed by atoms with Gasteiger partial charge in [-0.1, -0.05) is 0 Å². The summed E-state index contributed by atoms with van der Waals surface area (Å²) >= 11 is 0. The zero-order chi connectivity index (χ0) is 24.8. The number of aromatic nitrogens is 6. The van der Waals surface area contributed by atoms with Crippen molar-refractivity contribution in [3.8, 4) is 11.4 Å². The second-order valence-electron chi connectivity index (χ2n) is 9.49. The van der Waals surface area contributed by atoms with Crippen molar-refractivity contribution < 1.29 is 9.18 Å². The number of anilines is 1. The molecule has 0 spiro atoms. The van der Waals surface area contributed by atoms with Gasteiger partial charge in [-0.2, -0.15) is 14.7 Å². The standard InChI is InChI=1S/C24H29FN10O/c1-26-20-13-19(29-23-16(14-28-35(20)23)24(36)30-18-12-17(18)25)21-15-4-3-5-27-22(15)34(31-21)11-10-33-8-6-32(2)7-9-33/h3-5,13-14,17-18,26H,6-12H2,1-2H3,(H,30,36)/t17-,18+/m1/s1. The summed E-state index contributed by atoms with van der Waals surface area (Å²) in [5, 5.41) is 16.0. The highest BCUT2D eigenvalue weighted by Gasteiger charge is 2.39. The molecule has 0 bridgehead atoms. The molecule has 11 nitrogen and oxygen atoms in total. The maximum Gasteiger partial charge on any atom is 0.257 e. The van der Waals surface area contributed by atoms with Gasteiger partial charge >= 0.3 is 0 Å². The Bertz CT molecular complexity index is 1420. The third kappa shape index (κ3) is 4.16. The van der Waals surface area contributed by atoms with E-state index in [0.29, 0.717) is 41.4 Å². The van der Waals surface area contributed by atoms with Gasteiger partial charge in [-0.25, -0.2) is 19.0 Å². The van der Waals surface area contributed by atoms with Gasteiger partial charge in [0, 0.05) is 63.8 Å². The van der Waals surface area contributed by atoms with E-state index < -0.39 is 12.2 Å². The number of rotatable bonds is 7. The SMILES string of the molecule is CNc1cc(-c2nn(CCN3CCN(C)CC3)c3ncccc23)nc2c(C(=O)N[C@H]3C[C@H]3F)cnn12. The highest BCUT2D eigenvalue weighted by Crippen LogP contribution is 2.29. The molecule has 12 heteroatoms. The molecule has 0 radical (unpaired) electrons. The number of alkyl halides is 1. The number of nitrogens with one attached hydrogen (secondary N) is 2. The first-order chi connectivity index (χ1) is 17.5. The van der Waals surface area contributed by atoms with E-state index in [9.17, 15) is 9.18 Å². The third-order valence-electron chi connectivity index (χ3n) is 6.98. The van der Waals surface area contributed by atoms with Crippen LogP contribution in [0.4, 0.5) is 10.2 Å². The van der Waals surface area contributed by atoms with Gasteiger partial charge in [0.2, 0.25) is 0 Å². The number of fused-ring (bicyclic) bond motifs is 2. The molecule has 2 atom stereocenters. The Morgan fingerprint density at radius 3 is 2.75 bits per heavy atom. The van der Waals surface area contributed by atoms with Crippen LogP contribution < -0.4 is 10.6 Å². The average Bonchev–Trinajstić information content (AvgIpc) is 3.28. The monoisotopic (exact) mass is 492 g/mol. The number of carbonyl (C=O) groups excluding carboxylic acids is 1. The molecule has 4 aromatic rings. The van der Waals surface area contributed by atoms with Crippen molar-refractivity contribution in [2.75, 3.05) is 52.1 Å². The second kappa shape index (κ2) is 9.10. The van der Waals surface area contributed by atoms with E-state index in [0.717, 1.165) is 43.8 Å². The number of hydrogen-bond donors (Lipinski definition) is 2. The molecule has 1 aliphatic carbocycles. The van der Waals surface area contributed by atoms with E-state index in [-0.39, 0.29) is 5.91 Å². The van der Waals surface area contributed by atoms with E-state index in [2.05, 4.69) is 37.6 Å². The molecular formula is C24H29FN10O. The van der Waals surface area contributed by atoms with Gasteiger partial charge in [0.1, 0.15) is 23.2 Å². The number of nitrogens with zero attached hydrogens (tertiary/aromatic N) is 8. The quantitative estimate of drug-likeness (QED) is 0.397. The third-order valence-corrected chi connectivity index (χ3v) is 6.98. The zero-order valence-corrected chi connectivity index (χ0v) is 20.4. The molecule has 2 aliphatic rings. The lowest BCUT2D eigenvalue weighted by molar-refractivity contribution is 0.0949.